The van der Waals surface area contributed by atoms with E-state index in [9.17, 15) is 13.2 Å². The molecule has 0 saturated carbocycles. The Labute approximate surface area is 164 Å². The Morgan fingerprint density at radius 1 is 1.11 bits per heavy atom. The van der Waals surface area contributed by atoms with Crippen molar-refractivity contribution in [2.45, 2.75) is 4.90 Å². The van der Waals surface area contributed by atoms with Gasteiger partial charge in [-0.3, -0.25) is 4.79 Å². The summed E-state index contributed by atoms with van der Waals surface area (Å²) in [6.07, 6.45) is 1.74. The molecule has 0 aliphatic carbocycles. The first-order chi connectivity index (χ1) is 12.8. The largest absolute Gasteiger partial charge is 0.353 e. The Morgan fingerprint density at radius 2 is 1.81 bits per heavy atom. The van der Waals surface area contributed by atoms with Crippen molar-refractivity contribution in [3.63, 3.8) is 0 Å². The molecule has 9 heteroatoms. The molecule has 144 valence electrons. The van der Waals surface area contributed by atoms with E-state index in [4.69, 9.17) is 11.6 Å². The first-order valence-corrected chi connectivity index (χ1v) is 10.3. The fourth-order valence-electron chi connectivity index (χ4n) is 2.89. The SMILES string of the molecule is CN(C)S(=O)(=O)c1cc(C(=O)N2CCN(c3ccccn3)CC2)ccc1Cl. The van der Waals surface area contributed by atoms with Crippen molar-refractivity contribution in [1.29, 1.82) is 0 Å². The third-order valence-electron chi connectivity index (χ3n) is 4.48. The van der Waals surface area contributed by atoms with Crippen molar-refractivity contribution in [3.8, 4) is 0 Å². The fraction of sp³-hybridized carbons (Fsp3) is 0.333. The number of anilines is 1. The summed E-state index contributed by atoms with van der Waals surface area (Å²) in [7, 11) is -0.870. The number of amides is 1. The highest BCUT2D eigenvalue weighted by molar-refractivity contribution is 7.89. The lowest BCUT2D eigenvalue weighted by atomic mass is 10.2. The molecule has 0 N–H and O–H groups in total. The van der Waals surface area contributed by atoms with Crippen molar-refractivity contribution < 1.29 is 13.2 Å². The number of pyridine rings is 1. The lowest BCUT2D eigenvalue weighted by molar-refractivity contribution is 0.0746. The number of halogens is 1. The van der Waals surface area contributed by atoms with Gasteiger partial charge in [-0.1, -0.05) is 17.7 Å². The first-order valence-electron chi connectivity index (χ1n) is 8.48. The third-order valence-corrected chi connectivity index (χ3v) is 6.77. The summed E-state index contributed by atoms with van der Waals surface area (Å²) in [6, 6.07) is 10.1. The zero-order valence-corrected chi connectivity index (χ0v) is 16.7. The van der Waals surface area contributed by atoms with Crippen LogP contribution in [0.3, 0.4) is 0 Å². The standard InChI is InChI=1S/C18H21ClN4O3S/c1-21(2)27(25,26)16-13-14(6-7-15(16)19)18(24)23-11-9-22(10-12-23)17-5-3-4-8-20-17/h3-8,13H,9-12H2,1-2H3. The van der Waals surface area contributed by atoms with E-state index in [0.717, 1.165) is 10.1 Å². The van der Waals surface area contributed by atoms with Gasteiger partial charge < -0.3 is 9.80 Å². The van der Waals surface area contributed by atoms with E-state index < -0.39 is 10.0 Å². The molecule has 1 aliphatic heterocycles. The maximum Gasteiger partial charge on any atom is 0.254 e. The van der Waals surface area contributed by atoms with Crippen molar-refractivity contribution in [2.75, 3.05) is 45.2 Å². The maximum absolute atomic E-state index is 12.8. The monoisotopic (exact) mass is 408 g/mol. The molecular weight excluding hydrogens is 388 g/mol. The predicted molar refractivity (Wildman–Crippen MR) is 105 cm³/mol. The molecule has 2 heterocycles. The molecule has 7 nitrogen and oxygen atoms in total. The zero-order chi connectivity index (χ0) is 19.6. The smallest absolute Gasteiger partial charge is 0.254 e. The van der Waals surface area contributed by atoms with Crippen molar-refractivity contribution in [3.05, 3.63) is 53.2 Å². The van der Waals surface area contributed by atoms with Crippen LogP contribution in [-0.2, 0) is 10.0 Å². The Bertz CT molecular complexity index is 927. The van der Waals surface area contributed by atoms with Gasteiger partial charge in [0.2, 0.25) is 10.0 Å². The van der Waals surface area contributed by atoms with Crippen molar-refractivity contribution in [1.82, 2.24) is 14.2 Å². The number of carbonyl (C=O) groups excluding carboxylic acids is 1. The van der Waals surface area contributed by atoms with Gasteiger partial charge in [0.25, 0.3) is 5.91 Å². The Balaban J connectivity index is 1.76. The number of sulfonamides is 1. The molecule has 1 aliphatic rings. The van der Waals surface area contributed by atoms with Gasteiger partial charge >= 0.3 is 0 Å². The molecule has 1 fully saturated rings. The van der Waals surface area contributed by atoms with Gasteiger partial charge in [0, 0.05) is 52.0 Å². The summed E-state index contributed by atoms with van der Waals surface area (Å²) in [5.41, 5.74) is 0.311. The Kier molecular flexibility index (Phi) is 5.69. The first kappa shape index (κ1) is 19.6. The summed E-state index contributed by atoms with van der Waals surface area (Å²) >= 11 is 6.06. The van der Waals surface area contributed by atoms with Gasteiger partial charge in [0.15, 0.2) is 0 Å². The topological polar surface area (TPSA) is 73.8 Å². The minimum absolute atomic E-state index is 0.0628. The Morgan fingerprint density at radius 3 is 2.41 bits per heavy atom. The maximum atomic E-state index is 12.8. The number of hydrogen-bond donors (Lipinski definition) is 0. The van der Waals surface area contributed by atoms with Gasteiger partial charge in [-0.2, -0.15) is 0 Å². The number of aromatic nitrogens is 1. The summed E-state index contributed by atoms with van der Waals surface area (Å²) in [6.45, 7) is 2.40. The van der Waals surface area contributed by atoms with Crippen molar-refractivity contribution in [2.24, 2.45) is 0 Å². The lowest BCUT2D eigenvalue weighted by Gasteiger charge is -2.35. The van der Waals surface area contributed by atoms with Crippen LogP contribution in [0.4, 0.5) is 5.82 Å². The van der Waals surface area contributed by atoms with E-state index in [2.05, 4.69) is 9.88 Å². The molecular formula is C18H21ClN4O3S. The van der Waals surface area contributed by atoms with E-state index in [-0.39, 0.29) is 15.8 Å². The molecule has 0 spiro atoms. The van der Waals surface area contributed by atoms with E-state index in [1.54, 1.807) is 17.2 Å². The highest BCUT2D eigenvalue weighted by Gasteiger charge is 2.26. The van der Waals surface area contributed by atoms with Crippen LogP contribution in [0.1, 0.15) is 10.4 Å². The number of hydrogen-bond acceptors (Lipinski definition) is 5. The van der Waals surface area contributed by atoms with Gasteiger partial charge in [-0.05, 0) is 30.3 Å². The lowest BCUT2D eigenvalue weighted by Crippen LogP contribution is -2.49. The second kappa shape index (κ2) is 7.84. The number of piperazine rings is 1. The highest BCUT2D eigenvalue weighted by Crippen LogP contribution is 2.25. The van der Waals surface area contributed by atoms with Crippen molar-refractivity contribution >= 4 is 33.3 Å². The van der Waals surface area contributed by atoms with Gasteiger partial charge in [0.05, 0.1) is 5.02 Å². The zero-order valence-electron chi connectivity index (χ0n) is 15.2. The quantitative estimate of drug-likeness (QED) is 0.773. The second-order valence-corrected chi connectivity index (χ2v) is 8.93. The minimum atomic E-state index is -3.72. The van der Waals surface area contributed by atoms with Crippen LogP contribution >= 0.6 is 11.6 Å². The van der Waals surface area contributed by atoms with E-state index >= 15 is 0 Å². The average Bonchev–Trinajstić information content (AvgIpc) is 2.68. The van der Waals surface area contributed by atoms with Crippen LogP contribution in [0.15, 0.2) is 47.5 Å². The Hall–Kier alpha value is -2.16. The molecule has 1 aromatic carbocycles. The van der Waals surface area contributed by atoms with Gasteiger partial charge in [-0.25, -0.2) is 17.7 Å². The molecule has 1 aromatic heterocycles. The average molecular weight is 409 g/mol. The van der Waals surface area contributed by atoms with Crippen LogP contribution in [0.5, 0.6) is 0 Å². The van der Waals surface area contributed by atoms with Crippen LogP contribution < -0.4 is 4.90 Å². The summed E-state index contributed by atoms with van der Waals surface area (Å²) in [4.78, 5) is 20.9. The second-order valence-electron chi connectivity index (χ2n) is 6.40. The van der Waals surface area contributed by atoms with Crippen LogP contribution in [0.25, 0.3) is 0 Å². The third kappa shape index (κ3) is 4.07. The fourth-order valence-corrected chi connectivity index (χ4v) is 4.29. The number of benzene rings is 1. The number of nitrogens with zero attached hydrogens (tertiary/aromatic N) is 4. The summed E-state index contributed by atoms with van der Waals surface area (Å²) in [5, 5.41) is 0.0974. The summed E-state index contributed by atoms with van der Waals surface area (Å²) < 4.78 is 25.9. The molecule has 1 amide bonds. The van der Waals surface area contributed by atoms with Crippen LogP contribution in [0.2, 0.25) is 5.02 Å². The molecule has 0 bridgehead atoms. The van der Waals surface area contributed by atoms with Gasteiger partial charge in [-0.15, -0.1) is 0 Å². The molecule has 0 radical (unpaired) electrons. The van der Waals surface area contributed by atoms with Crippen LogP contribution in [0, 0.1) is 0 Å². The number of rotatable bonds is 4. The van der Waals surface area contributed by atoms with Gasteiger partial charge in [0.1, 0.15) is 10.7 Å². The summed E-state index contributed by atoms with van der Waals surface area (Å²) in [5.74, 6) is 0.679. The normalized spacial score (nSPS) is 15.3. The van der Waals surface area contributed by atoms with E-state index in [0.29, 0.717) is 31.7 Å². The molecule has 1 saturated heterocycles. The molecule has 0 atom stereocenters. The molecule has 0 unspecified atom stereocenters. The highest BCUT2D eigenvalue weighted by atomic mass is 35.5. The number of carbonyl (C=O) groups is 1. The molecule has 27 heavy (non-hydrogen) atoms. The van der Waals surface area contributed by atoms with E-state index in [1.165, 1.54) is 26.2 Å². The molecule has 3 rings (SSSR count). The minimum Gasteiger partial charge on any atom is -0.353 e. The van der Waals surface area contributed by atoms with E-state index in [1.807, 2.05) is 18.2 Å². The van der Waals surface area contributed by atoms with Crippen LogP contribution in [-0.4, -0.2) is 68.8 Å². The predicted octanol–water partition coefficient (Wildman–Crippen LogP) is 1.95. The molecule has 2 aromatic rings.